The van der Waals surface area contributed by atoms with Gasteiger partial charge in [0, 0.05) is 6.54 Å². The number of alkyl halides is 1. The Bertz CT molecular complexity index is 319. The summed E-state index contributed by atoms with van der Waals surface area (Å²) < 4.78 is 0. The first kappa shape index (κ1) is 13.5. The zero-order chi connectivity index (χ0) is 12.2. The Morgan fingerprint density at radius 1 is 1.31 bits per heavy atom. The van der Waals surface area contributed by atoms with Gasteiger partial charge in [0.1, 0.15) is 0 Å². The molecule has 0 saturated heterocycles. The lowest BCUT2D eigenvalue weighted by atomic mass is 9.90. The van der Waals surface area contributed by atoms with Crippen molar-refractivity contribution in [3.63, 3.8) is 0 Å². The molecule has 0 saturated carbocycles. The van der Waals surface area contributed by atoms with Gasteiger partial charge in [0.15, 0.2) is 0 Å². The van der Waals surface area contributed by atoms with Crippen molar-refractivity contribution in [3.8, 4) is 0 Å². The van der Waals surface area contributed by atoms with E-state index in [2.05, 4.69) is 36.1 Å². The number of nitrogens with one attached hydrogen (secondary N) is 1. The normalized spacial score (nSPS) is 13.6. The predicted molar refractivity (Wildman–Crippen MR) is 69.2 cm³/mol. The van der Waals surface area contributed by atoms with E-state index >= 15 is 0 Å². The van der Waals surface area contributed by atoms with Gasteiger partial charge in [-0.15, -0.1) is 11.6 Å². The van der Waals surface area contributed by atoms with Crippen LogP contribution >= 0.6 is 23.2 Å². The van der Waals surface area contributed by atoms with Crippen LogP contribution in [0.1, 0.15) is 27.2 Å². The first-order valence-corrected chi connectivity index (χ1v) is 6.04. The van der Waals surface area contributed by atoms with Crippen LogP contribution in [0, 0.1) is 5.41 Å². The fourth-order valence-corrected chi connectivity index (χ4v) is 1.98. The summed E-state index contributed by atoms with van der Waals surface area (Å²) in [5, 5.41) is 3.68. The zero-order valence-corrected chi connectivity index (χ0v) is 11.3. The minimum absolute atomic E-state index is 0.0688. The summed E-state index contributed by atoms with van der Waals surface area (Å²) in [6, 6.07) is 0. The van der Waals surface area contributed by atoms with Crippen LogP contribution in [0.2, 0.25) is 5.02 Å². The van der Waals surface area contributed by atoms with Crippen LogP contribution in [0.3, 0.4) is 0 Å². The van der Waals surface area contributed by atoms with E-state index in [0.29, 0.717) is 17.5 Å². The molecule has 16 heavy (non-hydrogen) atoms. The van der Waals surface area contributed by atoms with Gasteiger partial charge in [-0.2, -0.15) is 0 Å². The molecule has 5 heteroatoms. The van der Waals surface area contributed by atoms with E-state index in [1.807, 2.05) is 0 Å². The van der Waals surface area contributed by atoms with Gasteiger partial charge in [-0.25, -0.2) is 9.97 Å². The quantitative estimate of drug-likeness (QED) is 0.842. The van der Waals surface area contributed by atoms with Gasteiger partial charge in [0.2, 0.25) is 5.95 Å². The van der Waals surface area contributed by atoms with Crippen LogP contribution in [0.5, 0.6) is 0 Å². The molecule has 1 heterocycles. The molecule has 1 atom stereocenters. The molecule has 1 unspecified atom stereocenters. The number of anilines is 1. The van der Waals surface area contributed by atoms with E-state index in [9.17, 15) is 0 Å². The summed E-state index contributed by atoms with van der Waals surface area (Å²) in [7, 11) is 0. The van der Waals surface area contributed by atoms with Crippen molar-refractivity contribution in [1.29, 1.82) is 0 Å². The SMILES string of the molecule is CC(C)(C)CC(Cl)CNc1ncc(Cl)cn1. The van der Waals surface area contributed by atoms with Gasteiger partial charge >= 0.3 is 0 Å². The van der Waals surface area contributed by atoms with E-state index in [4.69, 9.17) is 23.2 Å². The minimum Gasteiger partial charge on any atom is -0.353 e. The number of rotatable bonds is 4. The van der Waals surface area contributed by atoms with Gasteiger partial charge in [-0.3, -0.25) is 0 Å². The van der Waals surface area contributed by atoms with Crippen LogP contribution in [-0.4, -0.2) is 21.9 Å². The molecule has 0 aromatic carbocycles. The van der Waals surface area contributed by atoms with Crippen molar-refractivity contribution in [2.45, 2.75) is 32.6 Å². The van der Waals surface area contributed by atoms with E-state index in [-0.39, 0.29) is 10.8 Å². The third-order valence-corrected chi connectivity index (χ3v) is 2.44. The number of aromatic nitrogens is 2. The second kappa shape index (κ2) is 5.69. The van der Waals surface area contributed by atoms with Crippen LogP contribution in [0.15, 0.2) is 12.4 Å². The van der Waals surface area contributed by atoms with Crippen molar-refractivity contribution >= 4 is 29.2 Å². The van der Waals surface area contributed by atoms with Gasteiger partial charge in [0.05, 0.1) is 22.8 Å². The first-order chi connectivity index (χ1) is 7.37. The van der Waals surface area contributed by atoms with E-state index < -0.39 is 0 Å². The molecule has 0 aliphatic carbocycles. The van der Waals surface area contributed by atoms with Crippen molar-refractivity contribution in [2.75, 3.05) is 11.9 Å². The van der Waals surface area contributed by atoms with Gasteiger partial charge in [-0.1, -0.05) is 32.4 Å². The highest BCUT2D eigenvalue weighted by atomic mass is 35.5. The molecule has 3 nitrogen and oxygen atoms in total. The average Bonchev–Trinajstić information content (AvgIpc) is 2.14. The zero-order valence-electron chi connectivity index (χ0n) is 9.80. The van der Waals surface area contributed by atoms with Gasteiger partial charge in [0.25, 0.3) is 0 Å². The molecule has 0 radical (unpaired) electrons. The third-order valence-electron chi connectivity index (χ3n) is 1.94. The second-order valence-corrected chi connectivity index (χ2v) is 6.02. The number of hydrogen-bond donors (Lipinski definition) is 1. The van der Waals surface area contributed by atoms with E-state index in [1.54, 1.807) is 12.4 Å². The monoisotopic (exact) mass is 261 g/mol. The summed E-state index contributed by atoms with van der Waals surface area (Å²) in [6.07, 6.45) is 4.06. The Morgan fingerprint density at radius 3 is 2.38 bits per heavy atom. The Kier molecular flexibility index (Phi) is 4.81. The standard InChI is InChI=1S/C11H17Cl2N3/c1-11(2,3)4-8(12)5-14-10-15-6-9(13)7-16-10/h6-8H,4-5H2,1-3H3,(H,14,15,16). The number of halogens is 2. The summed E-state index contributed by atoms with van der Waals surface area (Å²) in [5.41, 5.74) is 0.231. The molecule has 0 aliphatic heterocycles. The number of nitrogens with zero attached hydrogens (tertiary/aromatic N) is 2. The molecule has 0 bridgehead atoms. The highest BCUT2D eigenvalue weighted by Gasteiger charge is 2.16. The third kappa shape index (κ3) is 5.52. The van der Waals surface area contributed by atoms with Crippen molar-refractivity contribution in [2.24, 2.45) is 5.41 Å². The number of hydrogen-bond acceptors (Lipinski definition) is 3. The highest BCUT2D eigenvalue weighted by Crippen LogP contribution is 2.23. The van der Waals surface area contributed by atoms with E-state index in [0.717, 1.165) is 6.42 Å². The minimum atomic E-state index is 0.0688. The maximum atomic E-state index is 6.20. The lowest BCUT2D eigenvalue weighted by Crippen LogP contribution is -2.21. The maximum Gasteiger partial charge on any atom is 0.222 e. The molecule has 1 rings (SSSR count). The Balaban J connectivity index is 2.37. The Morgan fingerprint density at radius 2 is 1.88 bits per heavy atom. The smallest absolute Gasteiger partial charge is 0.222 e. The maximum absolute atomic E-state index is 6.20. The van der Waals surface area contributed by atoms with E-state index in [1.165, 1.54) is 0 Å². The van der Waals surface area contributed by atoms with Gasteiger partial charge < -0.3 is 5.32 Å². The molecule has 0 amide bonds. The summed E-state index contributed by atoms with van der Waals surface area (Å²) in [5.74, 6) is 0.559. The molecule has 0 aliphatic rings. The van der Waals surface area contributed by atoms with Crippen LogP contribution < -0.4 is 5.32 Å². The van der Waals surface area contributed by atoms with Crippen LogP contribution in [0.25, 0.3) is 0 Å². The Labute approximate surface area is 107 Å². The predicted octanol–water partition coefficient (Wildman–Crippen LogP) is 3.59. The lowest BCUT2D eigenvalue weighted by Gasteiger charge is -2.21. The van der Waals surface area contributed by atoms with Gasteiger partial charge in [-0.05, 0) is 11.8 Å². The topological polar surface area (TPSA) is 37.8 Å². The van der Waals surface area contributed by atoms with Crippen molar-refractivity contribution < 1.29 is 0 Å². The fraction of sp³-hybridized carbons (Fsp3) is 0.636. The summed E-state index contributed by atoms with van der Waals surface area (Å²) in [4.78, 5) is 8.07. The lowest BCUT2D eigenvalue weighted by molar-refractivity contribution is 0.373. The molecule has 1 N–H and O–H groups in total. The summed E-state index contributed by atoms with van der Waals surface area (Å²) >= 11 is 11.9. The van der Waals surface area contributed by atoms with Crippen molar-refractivity contribution in [3.05, 3.63) is 17.4 Å². The van der Waals surface area contributed by atoms with Crippen molar-refractivity contribution in [1.82, 2.24) is 9.97 Å². The highest BCUT2D eigenvalue weighted by molar-refractivity contribution is 6.30. The summed E-state index contributed by atoms with van der Waals surface area (Å²) in [6.45, 7) is 7.16. The fourth-order valence-electron chi connectivity index (χ4n) is 1.34. The van der Waals surface area contributed by atoms with Crippen LogP contribution in [-0.2, 0) is 0 Å². The largest absolute Gasteiger partial charge is 0.353 e. The molecule has 1 aromatic rings. The molecular weight excluding hydrogens is 245 g/mol. The average molecular weight is 262 g/mol. The Hall–Kier alpha value is -0.540. The molecule has 90 valence electrons. The first-order valence-electron chi connectivity index (χ1n) is 5.22. The molecule has 0 spiro atoms. The molecule has 0 fully saturated rings. The van der Waals surface area contributed by atoms with Crippen LogP contribution in [0.4, 0.5) is 5.95 Å². The molecular formula is C11H17Cl2N3. The second-order valence-electron chi connectivity index (χ2n) is 4.97. The molecule has 1 aromatic heterocycles.